The van der Waals surface area contributed by atoms with E-state index in [0.717, 1.165) is 34.0 Å². The number of para-hydroxylation sites is 1. The predicted octanol–water partition coefficient (Wildman–Crippen LogP) is 2.81. The summed E-state index contributed by atoms with van der Waals surface area (Å²) in [6.45, 7) is 7.05. The Morgan fingerprint density at radius 2 is 1.89 bits per heavy atom. The molecule has 0 aliphatic carbocycles. The smallest absolute Gasteiger partial charge is 0.269 e. The van der Waals surface area contributed by atoms with E-state index in [4.69, 9.17) is 4.74 Å². The molecule has 0 unspecified atom stereocenters. The maximum absolute atomic E-state index is 12.7. The zero-order valence-corrected chi connectivity index (χ0v) is 17.1. The highest BCUT2D eigenvalue weighted by Crippen LogP contribution is 2.26. The minimum atomic E-state index is -0.144. The summed E-state index contributed by atoms with van der Waals surface area (Å²) in [5.74, 6) is 0.721. The van der Waals surface area contributed by atoms with Crippen LogP contribution in [0.4, 0.5) is 0 Å². The molecule has 0 saturated heterocycles. The van der Waals surface area contributed by atoms with Crippen molar-refractivity contribution in [2.75, 3.05) is 13.2 Å². The molecule has 7 heteroatoms. The quantitative estimate of drug-likeness (QED) is 0.683. The molecule has 28 heavy (non-hydrogen) atoms. The van der Waals surface area contributed by atoms with E-state index < -0.39 is 0 Å². The second-order valence-electron chi connectivity index (χ2n) is 6.75. The molecular weight excluding hydrogens is 354 g/mol. The van der Waals surface area contributed by atoms with Gasteiger partial charge in [0.2, 0.25) is 0 Å². The van der Waals surface area contributed by atoms with Crippen molar-refractivity contribution >= 4 is 5.91 Å². The van der Waals surface area contributed by atoms with Gasteiger partial charge < -0.3 is 10.1 Å². The maximum Gasteiger partial charge on any atom is 0.269 e. The van der Waals surface area contributed by atoms with Gasteiger partial charge >= 0.3 is 0 Å². The van der Waals surface area contributed by atoms with Crippen LogP contribution in [0.25, 0.3) is 11.3 Å². The van der Waals surface area contributed by atoms with Crippen LogP contribution >= 0.6 is 0 Å². The van der Waals surface area contributed by atoms with Crippen LogP contribution in [-0.4, -0.2) is 38.6 Å². The van der Waals surface area contributed by atoms with Crippen LogP contribution in [0.2, 0.25) is 0 Å². The fourth-order valence-electron chi connectivity index (χ4n) is 3.35. The fraction of sp³-hybridized carbons (Fsp3) is 0.381. The summed E-state index contributed by atoms with van der Waals surface area (Å²) in [6.07, 6.45) is 0.702. The molecule has 3 rings (SSSR count). The van der Waals surface area contributed by atoms with Gasteiger partial charge in [-0.05, 0) is 44.9 Å². The van der Waals surface area contributed by atoms with Gasteiger partial charge in [0, 0.05) is 31.9 Å². The van der Waals surface area contributed by atoms with Crippen molar-refractivity contribution in [3.8, 4) is 17.0 Å². The summed E-state index contributed by atoms with van der Waals surface area (Å²) in [5, 5.41) is 11.9. The fourth-order valence-corrected chi connectivity index (χ4v) is 3.35. The number of rotatable bonds is 7. The van der Waals surface area contributed by atoms with Gasteiger partial charge in [-0.1, -0.05) is 18.2 Å². The van der Waals surface area contributed by atoms with Gasteiger partial charge in [0.25, 0.3) is 5.91 Å². The Labute approximate surface area is 165 Å². The summed E-state index contributed by atoms with van der Waals surface area (Å²) in [6, 6.07) is 9.72. The second kappa shape index (κ2) is 8.29. The largest absolute Gasteiger partial charge is 0.494 e. The zero-order chi connectivity index (χ0) is 20.3. The number of carbonyl (C=O) groups excluding carboxylic acids is 1. The number of ether oxygens (including phenoxy) is 1. The predicted molar refractivity (Wildman–Crippen MR) is 109 cm³/mol. The Balaban J connectivity index is 1.70. The first-order valence-corrected chi connectivity index (χ1v) is 9.45. The Morgan fingerprint density at radius 1 is 1.14 bits per heavy atom. The third-order valence-electron chi connectivity index (χ3n) is 4.83. The van der Waals surface area contributed by atoms with Crippen LogP contribution in [0.3, 0.4) is 0 Å². The van der Waals surface area contributed by atoms with Crippen molar-refractivity contribution in [3.63, 3.8) is 0 Å². The molecule has 1 amide bonds. The number of hydrogen-bond acceptors (Lipinski definition) is 4. The van der Waals surface area contributed by atoms with E-state index in [1.165, 1.54) is 0 Å². The van der Waals surface area contributed by atoms with Crippen LogP contribution in [0.5, 0.6) is 5.75 Å². The van der Waals surface area contributed by atoms with Crippen LogP contribution in [0.1, 0.15) is 34.4 Å². The third kappa shape index (κ3) is 3.93. The summed E-state index contributed by atoms with van der Waals surface area (Å²) in [7, 11) is 3.69. The maximum atomic E-state index is 12.7. The van der Waals surface area contributed by atoms with Crippen molar-refractivity contribution in [3.05, 3.63) is 53.0 Å². The van der Waals surface area contributed by atoms with Crippen LogP contribution < -0.4 is 10.1 Å². The number of aryl methyl sites for hydroxylation is 3. The first kappa shape index (κ1) is 19.7. The lowest BCUT2D eigenvalue weighted by Crippen LogP contribution is -2.27. The highest BCUT2D eigenvalue weighted by Gasteiger charge is 2.19. The van der Waals surface area contributed by atoms with Crippen LogP contribution in [0, 0.1) is 13.8 Å². The Morgan fingerprint density at radius 3 is 2.57 bits per heavy atom. The topological polar surface area (TPSA) is 74.0 Å². The highest BCUT2D eigenvalue weighted by atomic mass is 16.5. The monoisotopic (exact) mass is 381 g/mol. The molecule has 3 aromatic rings. The zero-order valence-electron chi connectivity index (χ0n) is 17.1. The molecule has 0 aliphatic rings. The number of nitrogens with zero attached hydrogens (tertiary/aromatic N) is 4. The third-order valence-corrected chi connectivity index (χ3v) is 4.83. The minimum Gasteiger partial charge on any atom is -0.494 e. The lowest BCUT2D eigenvalue weighted by molar-refractivity contribution is 0.0944. The van der Waals surface area contributed by atoms with E-state index in [2.05, 4.69) is 15.5 Å². The molecule has 1 aromatic carbocycles. The Kier molecular flexibility index (Phi) is 5.82. The van der Waals surface area contributed by atoms with E-state index in [0.29, 0.717) is 25.3 Å². The normalized spacial score (nSPS) is 10.9. The van der Waals surface area contributed by atoms with Gasteiger partial charge in [0.05, 0.1) is 18.0 Å². The molecular formula is C21H27N5O2. The van der Waals surface area contributed by atoms with Crippen LogP contribution in [0.15, 0.2) is 30.3 Å². The molecule has 2 aromatic heterocycles. The van der Waals surface area contributed by atoms with Crippen LogP contribution in [-0.2, 0) is 20.5 Å². The van der Waals surface area contributed by atoms with E-state index in [9.17, 15) is 4.79 Å². The van der Waals surface area contributed by atoms with Gasteiger partial charge in [0.1, 0.15) is 11.4 Å². The van der Waals surface area contributed by atoms with Gasteiger partial charge in [-0.2, -0.15) is 10.2 Å². The molecule has 7 nitrogen and oxygen atoms in total. The average molecular weight is 381 g/mol. The summed E-state index contributed by atoms with van der Waals surface area (Å²) < 4.78 is 9.08. The molecule has 0 aliphatic heterocycles. The molecule has 0 fully saturated rings. The molecule has 0 bridgehead atoms. The van der Waals surface area contributed by atoms with E-state index in [1.807, 2.05) is 62.8 Å². The lowest BCUT2D eigenvalue weighted by Gasteiger charge is -2.10. The van der Waals surface area contributed by atoms with Crippen molar-refractivity contribution in [2.45, 2.75) is 27.2 Å². The minimum absolute atomic E-state index is 0.144. The van der Waals surface area contributed by atoms with Crippen molar-refractivity contribution in [2.24, 2.45) is 14.1 Å². The number of nitrogens with one attached hydrogen (secondary N) is 1. The van der Waals surface area contributed by atoms with Gasteiger partial charge in [-0.15, -0.1) is 0 Å². The number of aromatic nitrogens is 4. The Hall–Kier alpha value is -3.09. The van der Waals surface area contributed by atoms with Gasteiger partial charge in [-0.3, -0.25) is 14.2 Å². The number of carbonyl (C=O) groups is 1. The summed E-state index contributed by atoms with van der Waals surface area (Å²) >= 11 is 0. The molecule has 0 spiro atoms. The Bertz CT molecular complexity index is 987. The average Bonchev–Trinajstić information content (AvgIpc) is 3.15. The lowest BCUT2D eigenvalue weighted by atomic mass is 10.1. The number of amides is 1. The second-order valence-corrected chi connectivity index (χ2v) is 6.75. The SMILES string of the molecule is CCOc1ccccc1CCNC(=O)c1cc(-c2c(C)nn(C)c2C)nn1C. The van der Waals surface area contributed by atoms with Crippen molar-refractivity contribution in [1.29, 1.82) is 0 Å². The van der Waals surface area contributed by atoms with E-state index in [1.54, 1.807) is 11.7 Å². The number of benzene rings is 1. The molecule has 0 atom stereocenters. The molecule has 0 radical (unpaired) electrons. The number of hydrogen-bond donors (Lipinski definition) is 1. The first-order chi connectivity index (χ1) is 13.4. The van der Waals surface area contributed by atoms with E-state index in [-0.39, 0.29) is 5.91 Å². The van der Waals surface area contributed by atoms with Crippen molar-refractivity contribution in [1.82, 2.24) is 24.9 Å². The highest BCUT2D eigenvalue weighted by molar-refractivity contribution is 5.93. The molecule has 0 saturated carbocycles. The molecule has 148 valence electrons. The molecule has 1 N–H and O–H groups in total. The first-order valence-electron chi connectivity index (χ1n) is 9.45. The summed E-state index contributed by atoms with van der Waals surface area (Å²) in [4.78, 5) is 12.7. The van der Waals surface area contributed by atoms with Gasteiger partial charge in [0.15, 0.2) is 0 Å². The summed E-state index contributed by atoms with van der Waals surface area (Å²) in [5.41, 5.74) is 5.26. The van der Waals surface area contributed by atoms with Crippen molar-refractivity contribution < 1.29 is 9.53 Å². The standard InChI is InChI=1S/C21H27N5O2/c1-6-28-19-10-8-7-9-16(19)11-12-22-21(27)18-13-17(24-26(18)5)20-14(2)23-25(4)15(20)3/h7-10,13H,6,11-12H2,1-5H3,(H,22,27). The van der Waals surface area contributed by atoms with E-state index >= 15 is 0 Å². The van der Waals surface area contributed by atoms with Gasteiger partial charge in [-0.25, -0.2) is 0 Å². The molecule has 2 heterocycles.